The first kappa shape index (κ1) is 30.3. The van der Waals surface area contributed by atoms with Gasteiger partial charge in [-0.1, -0.05) is 36.4 Å². The highest BCUT2D eigenvalue weighted by molar-refractivity contribution is 6.12. The monoisotopic (exact) mass is 610 g/mol. The van der Waals surface area contributed by atoms with Crippen LogP contribution in [0, 0.1) is 13.8 Å². The zero-order chi connectivity index (χ0) is 32.0. The van der Waals surface area contributed by atoms with E-state index in [1.807, 2.05) is 48.9 Å². The van der Waals surface area contributed by atoms with Crippen LogP contribution in [0.4, 0.5) is 11.4 Å². The summed E-state index contributed by atoms with van der Waals surface area (Å²) in [5.41, 5.74) is 6.72. The molecule has 230 valence electrons. The Morgan fingerprint density at radius 3 is 2.15 bits per heavy atom. The Hall–Kier alpha value is -5.76. The highest BCUT2D eigenvalue weighted by Crippen LogP contribution is 2.24. The summed E-state index contributed by atoms with van der Waals surface area (Å²) in [7, 11) is 0. The number of hydrogen-bond donors (Lipinski definition) is 2. The van der Waals surface area contributed by atoms with Gasteiger partial charge in [0.15, 0.2) is 11.2 Å². The third-order valence-corrected chi connectivity index (χ3v) is 8.12. The molecule has 0 aliphatic heterocycles. The van der Waals surface area contributed by atoms with Crippen LogP contribution in [0.5, 0.6) is 0 Å². The normalized spacial score (nSPS) is 11.0. The number of anilines is 2. The lowest BCUT2D eigenvalue weighted by atomic mass is 10.0. The quantitative estimate of drug-likeness (QED) is 0.155. The van der Waals surface area contributed by atoms with Gasteiger partial charge < -0.3 is 19.6 Å². The van der Waals surface area contributed by atoms with Crippen molar-refractivity contribution in [1.29, 1.82) is 0 Å². The molecule has 0 unspecified atom stereocenters. The highest BCUT2D eigenvalue weighted by Gasteiger charge is 2.19. The maximum Gasteiger partial charge on any atom is 0.291 e. The number of para-hydroxylation sites is 1. The van der Waals surface area contributed by atoms with Crippen LogP contribution in [0.25, 0.3) is 16.7 Å². The average molecular weight is 611 g/mol. The number of aromatic nitrogens is 2. The van der Waals surface area contributed by atoms with Gasteiger partial charge >= 0.3 is 0 Å². The van der Waals surface area contributed by atoms with E-state index >= 15 is 0 Å². The number of aryl methyl sites for hydroxylation is 4. The van der Waals surface area contributed by atoms with Crippen molar-refractivity contribution in [3.63, 3.8) is 0 Å². The fourth-order valence-corrected chi connectivity index (χ4v) is 5.37. The van der Waals surface area contributed by atoms with Crippen LogP contribution in [0.3, 0.4) is 0 Å². The van der Waals surface area contributed by atoms with Crippen LogP contribution in [-0.4, -0.2) is 21.4 Å². The molecule has 0 aliphatic rings. The number of hydrogen-bond acceptors (Lipinski definition) is 5. The lowest BCUT2D eigenvalue weighted by Crippen LogP contribution is -2.20. The van der Waals surface area contributed by atoms with Gasteiger partial charge in [-0.15, -0.1) is 0 Å². The first-order valence-corrected chi connectivity index (χ1v) is 15.3. The van der Waals surface area contributed by atoms with Crippen molar-refractivity contribution in [1.82, 2.24) is 9.55 Å². The van der Waals surface area contributed by atoms with Gasteiger partial charge in [0.2, 0.25) is 0 Å². The van der Waals surface area contributed by atoms with Crippen molar-refractivity contribution in [3.8, 4) is 5.69 Å². The number of imidazole rings is 1. The van der Waals surface area contributed by atoms with E-state index in [1.54, 1.807) is 48.9 Å². The predicted molar refractivity (Wildman–Crippen MR) is 181 cm³/mol. The van der Waals surface area contributed by atoms with Crippen molar-refractivity contribution in [2.24, 2.45) is 0 Å². The molecule has 8 nitrogen and oxygen atoms in total. The Bertz CT molecular complexity index is 2060. The summed E-state index contributed by atoms with van der Waals surface area (Å²) in [5, 5.41) is 6.12. The number of carbonyl (C=O) groups excluding carboxylic acids is 2. The van der Waals surface area contributed by atoms with Crippen molar-refractivity contribution in [2.45, 2.75) is 39.5 Å². The van der Waals surface area contributed by atoms with Crippen molar-refractivity contribution >= 4 is 34.2 Å². The molecule has 2 heterocycles. The first-order valence-electron chi connectivity index (χ1n) is 15.3. The SMILES string of the molecule is Cc1cc(NC(=O)c2cc(=O)c3ccccc3o2)c(C(=O)Nc2ccc(CCCCc3ccc(-n4ccnc4)cc3)cc2)cc1C. The smallest absolute Gasteiger partial charge is 0.291 e. The summed E-state index contributed by atoms with van der Waals surface area (Å²) in [4.78, 5) is 43.2. The predicted octanol–water partition coefficient (Wildman–Crippen LogP) is 7.67. The van der Waals surface area contributed by atoms with Crippen LogP contribution in [0.2, 0.25) is 0 Å². The lowest BCUT2D eigenvalue weighted by Gasteiger charge is -2.14. The van der Waals surface area contributed by atoms with E-state index in [9.17, 15) is 14.4 Å². The second-order valence-electron chi connectivity index (χ2n) is 11.4. The Morgan fingerprint density at radius 2 is 1.46 bits per heavy atom. The standard InChI is InChI=1S/C38H34N4O4/c1-25-21-32(33(22-26(25)2)41-38(45)36-23-34(43)31-9-5-6-10-35(31)46-36)37(44)40-29-15-11-27(12-16-29)7-3-4-8-28-13-17-30(18-14-28)42-20-19-39-24-42/h5-6,9-24H,3-4,7-8H2,1-2H3,(H,40,44)(H,41,45). The topological polar surface area (TPSA) is 106 Å². The van der Waals surface area contributed by atoms with E-state index in [0.717, 1.165) is 42.5 Å². The average Bonchev–Trinajstić information content (AvgIpc) is 3.61. The largest absolute Gasteiger partial charge is 0.451 e. The molecule has 0 aliphatic carbocycles. The number of fused-ring (bicyclic) bond motifs is 1. The van der Waals surface area contributed by atoms with Gasteiger partial charge in [-0.05, 0) is 110 Å². The maximum absolute atomic E-state index is 13.4. The molecule has 8 heteroatoms. The van der Waals surface area contributed by atoms with Crippen molar-refractivity contribution in [2.75, 3.05) is 10.6 Å². The maximum atomic E-state index is 13.4. The molecule has 46 heavy (non-hydrogen) atoms. The molecular weight excluding hydrogens is 576 g/mol. The summed E-state index contributed by atoms with van der Waals surface area (Å²) >= 11 is 0. The van der Waals surface area contributed by atoms with E-state index in [4.69, 9.17) is 4.42 Å². The summed E-state index contributed by atoms with van der Waals surface area (Å²) in [6.45, 7) is 3.81. The summed E-state index contributed by atoms with van der Waals surface area (Å²) < 4.78 is 7.69. The Morgan fingerprint density at radius 1 is 0.783 bits per heavy atom. The Labute approximate surface area is 266 Å². The fraction of sp³-hybridized carbons (Fsp3) is 0.158. The number of benzene rings is 4. The zero-order valence-electron chi connectivity index (χ0n) is 25.7. The fourth-order valence-electron chi connectivity index (χ4n) is 5.37. The van der Waals surface area contributed by atoms with E-state index in [0.29, 0.717) is 27.9 Å². The molecule has 0 saturated carbocycles. The molecule has 0 spiro atoms. The molecule has 2 amide bonds. The van der Waals surface area contributed by atoms with Gasteiger partial charge in [-0.2, -0.15) is 0 Å². The summed E-state index contributed by atoms with van der Waals surface area (Å²) in [6, 6.07) is 27.8. The Balaban J connectivity index is 1.06. The minimum Gasteiger partial charge on any atom is -0.451 e. The van der Waals surface area contributed by atoms with E-state index in [1.165, 1.54) is 17.2 Å². The molecule has 0 bridgehead atoms. The van der Waals surface area contributed by atoms with Crippen molar-refractivity contribution in [3.05, 3.63) is 154 Å². The van der Waals surface area contributed by atoms with Crippen LogP contribution < -0.4 is 16.1 Å². The summed E-state index contributed by atoms with van der Waals surface area (Å²) in [6.07, 6.45) is 9.59. The van der Waals surface area contributed by atoms with Gasteiger partial charge in [0, 0.05) is 29.8 Å². The number of nitrogens with one attached hydrogen (secondary N) is 2. The lowest BCUT2D eigenvalue weighted by molar-refractivity contribution is 0.0997. The van der Waals surface area contributed by atoms with E-state index < -0.39 is 5.91 Å². The minimum absolute atomic E-state index is 0.132. The van der Waals surface area contributed by atoms with E-state index in [-0.39, 0.29) is 17.1 Å². The second-order valence-corrected chi connectivity index (χ2v) is 11.4. The van der Waals surface area contributed by atoms with Crippen LogP contribution >= 0.6 is 0 Å². The Kier molecular flexibility index (Phi) is 8.87. The van der Waals surface area contributed by atoms with Crippen LogP contribution in [0.1, 0.15) is 56.0 Å². The zero-order valence-corrected chi connectivity index (χ0v) is 25.7. The van der Waals surface area contributed by atoms with Gasteiger partial charge in [0.1, 0.15) is 5.58 Å². The number of amides is 2. The minimum atomic E-state index is -0.615. The molecule has 0 saturated heterocycles. The number of unbranched alkanes of at least 4 members (excludes halogenated alkanes) is 1. The highest BCUT2D eigenvalue weighted by atomic mass is 16.3. The third-order valence-electron chi connectivity index (χ3n) is 8.12. The van der Waals surface area contributed by atoms with Gasteiger partial charge in [-0.25, -0.2) is 4.98 Å². The third kappa shape index (κ3) is 6.97. The van der Waals surface area contributed by atoms with Gasteiger partial charge in [0.25, 0.3) is 11.8 Å². The molecule has 4 aromatic carbocycles. The molecule has 6 aromatic rings. The molecule has 2 N–H and O–H groups in total. The van der Waals surface area contributed by atoms with E-state index in [2.05, 4.69) is 39.9 Å². The molecular formula is C38H34N4O4. The number of carbonyl (C=O) groups is 2. The van der Waals surface area contributed by atoms with Crippen LogP contribution in [-0.2, 0) is 12.8 Å². The van der Waals surface area contributed by atoms with Gasteiger partial charge in [-0.3, -0.25) is 14.4 Å². The second kappa shape index (κ2) is 13.5. The molecule has 0 radical (unpaired) electrons. The molecule has 6 rings (SSSR count). The first-order chi connectivity index (χ1) is 22.3. The van der Waals surface area contributed by atoms with Crippen LogP contribution in [0.15, 0.2) is 119 Å². The molecule has 0 fully saturated rings. The number of rotatable bonds is 10. The van der Waals surface area contributed by atoms with Crippen molar-refractivity contribution < 1.29 is 14.0 Å². The summed E-state index contributed by atoms with van der Waals surface area (Å²) in [5.74, 6) is -1.10. The molecule has 0 atom stereocenters. The number of nitrogens with zero attached hydrogens (tertiary/aromatic N) is 2. The van der Waals surface area contributed by atoms with Gasteiger partial charge in [0.05, 0.1) is 23.0 Å². The molecule has 2 aromatic heterocycles.